The van der Waals surface area contributed by atoms with Crippen molar-refractivity contribution in [2.75, 3.05) is 18.5 Å². The number of hydrogen-bond acceptors (Lipinski definition) is 3. The van der Waals surface area contributed by atoms with Crippen molar-refractivity contribution in [3.8, 4) is 0 Å². The van der Waals surface area contributed by atoms with Crippen LogP contribution in [0.1, 0.15) is 23.2 Å². The highest BCUT2D eigenvalue weighted by Gasteiger charge is 2.32. The van der Waals surface area contributed by atoms with Crippen molar-refractivity contribution in [3.05, 3.63) is 28.8 Å². The van der Waals surface area contributed by atoms with E-state index >= 15 is 0 Å². The fraction of sp³-hybridized carbons (Fsp3) is 0.385. The van der Waals surface area contributed by atoms with Gasteiger partial charge >= 0.3 is 12.0 Å². The van der Waals surface area contributed by atoms with Gasteiger partial charge in [0.25, 0.3) is 0 Å². The summed E-state index contributed by atoms with van der Waals surface area (Å²) >= 11 is 5.82. The first kappa shape index (κ1) is 14.6. The fourth-order valence-electron chi connectivity index (χ4n) is 1.94. The van der Waals surface area contributed by atoms with Crippen molar-refractivity contribution in [2.45, 2.75) is 18.9 Å². The zero-order valence-corrected chi connectivity index (χ0v) is 11.4. The lowest BCUT2D eigenvalue weighted by molar-refractivity contribution is 0.0698. The molecule has 0 aliphatic heterocycles. The summed E-state index contributed by atoms with van der Waals surface area (Å²) in [6.07, 6.45) is 1.80. The largest absolute Gasteiger partial charge is 0.478 e. The predicted molar refractivity (Wildman–Crippen MR) is 74.2 cm³/mol. The number of halogens is 1. The molecule has 0 saturated heterocycles. The molecule has 1 aromatic carbocycles. The van der Waals surface area contributed by atoms with E-state index in [9.17, 15) is 9.59 Å². The molecule has 2 amide bonds. The van der Waals surface area contributed by atoms with Crippen LogP contribution >= 0.6 is 11.6 Å². The van der Waals surface area contributed by atoms with E-state index in [1.807, 2.05) is 0 Å². The summed E-state index contributed by atoms with van der Waals surface area (Å²) in [5, 5.41) is 21.0. The molecule has 20 heavy (non-hydrogen) atoms. The van der Waals surface area contributed by atoms with E-state index in [2.05, 4.69) is 5.32 Å². The highest BCUT2D eigenvalue weighted by Crippen LogP contribution is 2.28. The lowest BCUT2D eigenvalue weighted by atomic mass is 10.2. The molecule has 1 aromatic rings. The zero-order valence-electron chi connectivity index (χ0n) is 10.7. The predicted octanol–water partition coefficient (Wildman–Crippen LogP) is 2.03. The van der Waals surface area contributed by atoms with Gasteiger partial charge in [0, 0.05) is 17.6 Å². The van der Waals surface area contributed by atoms with Crippen LogP contribution in [-0.2, 0) is 0 Å². The maximum atomic E-state index is 12.1. The van der Waals surface area contributed by atoms with Crippen LogP contribution in [0.4, 0.5) is 10.5 Å². The molecule has 7 heteroatoms. The van der Waals surface area contributed by atoms with Crippen LogP contribution in [0, 0.1) is 0 Å². The number of amides is 2. The first-order valence-electron chi connectivity index (χ1n) is 6.24. The quantitative estimate of drug-likeness (QED) is 0.776. The van der Waals surface area contributed by atoms with Crippen molar-refractivity contribution in [2.24, 2.45) is 0 Å². The zero-order chi connectivity index (χ0) is 14.7. The van der Waals surface area contributed by atoms with Crippen LogP contribution in [0.2, 0.25) is 5.02 Å². The molecule has 0 heterocycles. The van der Waals surface area contributed by atoms with E-state index in [4.69, 9.17) is 21.8 Å². The number of carboxylic acid groups (broad SMARTS) is 1. The number of carboxylic acids is 1. The average molecular weight is 299 g/mol. The maximum Gasteiger partial charge on any atom is 0.337 e. The third-order valence-electron chi connectivity index (χ3n) is 3.04. The summed E-state index contributed by atoms with van der Waals surface area (Å²) in [6.45, 7) is 0.0880. The summed E-state index contributed by atoms with van der Waals surface area (Å²) in [6, 6.07) is 3.88. The minimum Gasteiger partial charge on any atom is -0.478 e. The number of urea groups is 1. The van der Waals surface area contributed by atoms with Gasteiger partial charge in [-0.3, -0.25) is 0 Å². The number of nitrogens with one attached hydrogen (secondary N) is 1. The molecule has 0 radical (unpaired) electrons. The normalized spacial score (nSPS) is 13.9. The van der Waals surface area contributed by atoms with Crippen molar-refractivity contribution in [1.82, 2.24) is 4.90 Å². The van der Waals surface area contributed by atoms with Crippen molar-refractivity contribution < 1.29 is 19.8 Å². The maximum absolute atomic E-state index is 12.1. The van der Waals surface area contributed by atoms with Gasteiger partial charge in [0.1, 0.15) is 0 Å². The number of hydrogen-bond donors (Lipinski definition) is 3. The number of aliphatic hydroxyl groups is 1. The van der Waals surface area contributed by atoms with E-state index in [1.165, 1.54) is 23.1 Å². The second kappa shape index (κ2) is 6.11. The Balaban J connectivity index is 2.17. The number of anilines is 1. The SMILES string of the molecule is O=C(O)c1ccc(Cl)cc1NC(=O)N(CCO)C1CC1. The Morgan fingerprint density at radius 3 is 2.65 bits per heavy atom. The molecule has 0 aromatic heterocycles. The van der Waals surface area contributed by atoms with Gasteiger partial charge < -0.3 is 20.4 Å². The Morgan fingerprint density at radius 1 is 1.40 bits per heavy atom. The molecule has 0 atom stereocenters. The standard InChI is InChI=1S/C13H15ClN2O4/c14-8-1-4-10(12(18)19)11(7-8)15-13(20)16(5-6-17)9-2-3-9/h1,4,7,9,17H,2-3,5-6H2,(H,15,20)(H,18,19). The Bertz CT molecular complexity index is 531. The smallest absolute Gasteiger partial charge is 0.337 e. The number of aliphatic hydroxyl groups excluding tert-OH is 1. The summed E-state index contributed by atoms with van der Waals surface area (Å²) in [5.41, 5.74) is 0.126. The lowest BCUT2D eigenvalue weighted by Gasteiger charge is -2.22. The molecular weight excluding hydrogens is 284 g/mol. The molecule has 0 bridgehead atoms. The lowest BCUT2D eigenvalue weighted by Crippen LogP contribution is -2.39. The number of benzene rings is 1. The monoisotopic (exact) mass is 298 g/mol. The average Bonchev–Trinajstić information content (AvgIpc) is 3.19. The number of carbonyl (C=O) groups is 2. The van der Waals surface area contributed by atoms with E-state index in [1.54, 1.807) is 0 Å². The molecule has 1 aliphatic carbocycles. The van der Waals surface area contributed by atoms with Crippen LogP contribution in [0.15, 0.2) is 18.2 Å². The van der Waals surface area contributed by atoms with Crippen molar-refractivity contribution >= 4 is 29.3 Å². The first-order valence-corrected chi connectivity index (χ1v) is 6.62. The van der Waals surface area contributed by atoms with Gasteiger partial charge in [-0.2, -0.15) is 0 Å². The van der Waals surface area contributed by atoms with E-state index in [0.29, 0.717) is 5.02 Å². The van der Waals surface area contributed by atoms with Crippen molar-refractivity contribution in [3.63, 3.8) is 0 Å². The second-order valence-electron chi connectivity index (χ2n) is 4.57. The Hall–Kier alpha value is -1.79. The molecule has 3 N–H and O–H groups in total. The molecule has 1 fully saturated rings. The summed E-state index contributed by atoms with van der Waals surface area (Å²) in [7, 11) is 0. The van der Waals surface area contributed by atoms with E-state index < -0.39 is 12.0 Å². The van der Waals surface area contributed by atoms with Gasteiger partial charge in [-0.1, -0.05) is 11.6 Å². The Morgan fingerprint density at radius 2 is 2.10 bits per heavy atom. The number of rotatable bonds is 5. The van der Waals surface area contributed by atoms with Gasteiger partial charge in [-0.15, -0.1) is 0 Å². The van der Waals surface area contributed by atoms with Gasteiger partial charge in [0.15, 0.2) is 0 Å². The first-order chi connectivity index (χ1) is 9.52. The molecule has 0 spiro atoms. The van der Waals surface area contributed by atoms with Crippen LogP contribution in [0.25, 0.3) is 0 Å². The Labute approximate surface area is 121 Å². The van der Waals surface area contributed by atoms with Gasteiger partial charge in [-0.25, -0.2) is 9.59 Å². The number of carbonyl (C=O) groups excluding carboxylic acids is 1. The number of nitrogens with zero attached hydrogens (tertiary/aromatic N) is 1. The highest BCUT2D eigenvalue weighted by molar-refractivity contribution is 6.31. The topological polar surface area (TPSA) is 89.9 Å². The molecule has 1 saturated carbocycles. The minimum absolute atomic E-state index is 0.0255. The van der Waals surface area contributed by atoms with E-state index in [0.717, 1.165) is 12.8 Å². The molecule has 1 aliphatic rings. The van der Waals surface area contributed by atoms with E-state index in [-0.39, 0.29) is 30.4 Å². The second-order valence-corrected chi connectivity index (χ2v) is 5.01. The molecule has 0 unspecified atom stereocenters. The van der Waals surface area contributed by atoms with Gasteiger partial charge in [0.05, 0.1) is 17.9 Å². The third-order valence-corrected chi connectivity index (χ3v) is 3.28. The summed E-state index contributed by atoms with van der Waals surface area (Å²) in [5.74, 6) is -1.14. The molecule has 2 rings (SSSR count). The number of aromatic carboxylic acids is 1. The third kappa shape index (κ3) is 3.40. The fourth-order valence-corrected chi connectivity index (χ4v) is 2.11. The van der Waals surface area contributed by atoms with Crippen molar-refractivity contribution in [1.29, 1.82) is 0 Å². The van der Waals surface area contributed by atoms with Gasteiger partial charge in [-0.05, 0) is 31.0 Å². The van der Waals surface area contributed by atoms with Gasteiger partial charge in [0.2, 0.25) is 0 Å². The van der Waals surface area contributed by atoms with Crippen LogP contribution in [0.5, 0.6) is 0 Å². The minimum atomic E-state index is -1.14. The molecular formula is C13H15ClN2O4. The summed E-state index contributed by atoms with van der Waals surface area (Å²) in [4.78, 5) is 24.8. The Kier molecular flexibility index (Phi) is 4.46. The molecule has 108 valence electrons. The molecule has 6 nitrogen and oxygen atoms in total. The van der Waals surface area contributed by atoms with Crippen LogP contribution < -0.4 is 5.32 Å². The van der Waals surface area contributed by atoms with Crippen LogP contribution in [-0.4, -0.2) is 46.3 Å². The summed E-state index contributed by atoms with van der Waals surface area (Å²) < 4.78 is 0. The van der Waals surface area contributed by atoms with Crippen LogP contribution in [0.3, 0.4) is 0 Å². The highest BCUT2D eigenvalue weighted by atomic mass is 35.5.